The fraction of sp³-hybridized carbons (Fsp3) is 0.412. The van der Waals surface area contributed by atoms with Gasteiger partial charge in [-0.25, -0.2) is 0 Å². The van der Waals surface area contributed by atoms with Crippen LogP contribution in [0.4, 0.5) is 5.69 Å². The van der Waals surface area contributed by atoms with Gasteiger partial charge in [0, 0.05) is 18.2 Å². The topological polar surface area (TPSA) is 34.4 Å². The van der Waals surface area contributed by atoms with Gasteiger partial charge in [0.25, 0.3) is 0 Å². The van der Waals surface area contributed by atoms with Crippen LogP contribution in [0, 0.1) is 0 Å². The molecule has 4 heteroatoms. The molecule has 0 saturated carbocycles. The van der Waals surface area contributed by atoms with Gasteiger partial charge in [0.2, 0.25) is 0 Å². The van der Waals surface area contributed by atoms with Gasteiger partial charge in [-0.15, -0.1) is 0 Å². The van der Waals surface area contributed by atoms with Crippen molar-refractivity contribution in [2.45, 2.75) is 45.8 Å². The molecule has 2 aromatic rings. The number of aryl methyl sites for hydroxylation is 1. The third kappa shape index (κ3) is 5.01. The van der Waals surface area contributed by atoms with Crippen LogP contribution in [-0.4, -0.2) is 12.1 Å². The molecule has 114 valence electrons. The molecule has 0 spiro atoms. The summed E-state index contributed by atoms with van der Waals surface area (Å²) >= 11 is 6.24. The maximum absolute atomic E-state index is 6.24. The summed E-state index contributed by atoms with van der Waals surface area (Å²) in [6, 6.07) is 10.1. The standard InChI is InChI=1S/C17H22ClNO2/c1-12(2)21-17-9-7-14(11-16(17)18)19-13(3)6-8-15-5-4-10-20-15/h4-5,7,9-13,19H,6,8H2,1-3H3. The molecule has 0 radical (unpaired) electrons. The highest BCUT2D eigenvalue weighted by Crippen LogP contribution is 2.29. The van der Waals surface area contributed by atoms with Crippen molar-refractivity contribution in [3.05, 3.63) is 47.4 Å². The van der Waals surface area contributed by atoms with Gasteiger partial charge in [0.05, 0.1) is 17.4 Å². The highest BCUT2D eigenvalue weighted by Gasteiger charge is 2.08. The number of rotatable bonds is 7. The van der Waals surface area contributed by atoms with Crippen molar-refractivity contribution < 1.29 is 9.15 Å². The summed E-state index contributed by atoms with van der Waals surface area (Å²) in [5.74, 6) is 1.74. The molecule has 0 amide bonds. The van der Waals surface area contributed by atoms with Gasteiger partial charge in [-0.2, -0.15) is 0 Å². The summed E-state index contributed by atoms with van der Waals surface area (Å²) in [4.78, 5) is 0. The molecule has 1 aromatic carbocycles. The number of ether oxygens (including phenoxy) is 1. The number of benzene rings is 1. The minimum Gasteiger partial charge on any atom is -0.489 e. The summed E-state index contributed by atoms with van der Waals surface area (Å²) in [5, 5.41) is 4.08. The van der Waals surface area contributed by atoms with Crippen LogP contribution in [0.1, 0.15) is 33.0 Å². The molecule has 1 N–H and O–H groups in total. The fourth-order valence-electron chi connectivity index (χ4n) is 2.11. The van der Waals surface area contributed by atoms with Gasteiger partial charge in [-0.3, -0.25) is 0 Å². The van der Waals surface area contributed by atoms with E-state index in [1.54, 1.807) is 6.26 Å². The van der Waals surface area contributed by atoms with Crippen molar-refractivity contribution in [2.75, 3.05) is 5.32 Å². The maximum Gasteiger partial charge on any atom is 0.138 e. The second-order valence-corrected chi connectivity index (χ2v) is 5.88. The highest BCUT2D eigenvalue weighted by atomic mass is 35.5. The molecule has 21 heavy (non-hydrogen) atoms. The zero-order chi connectivity index (χ0) is 15.2. The molecule has 0 aliphatic carbocycles. The predicted octanol–water partition coefficient (Wildman–Crippen LogP) is 5.15. The largest absolute Gasteiger partial charge is 0.489 e. The zero-order valence-corrected chi connectivity index (χ0v) is 13.5. The van der Waals surface area contributed by atoms with Gasteiger partial charge in [-0.05, 0) is 57.5 Å². The number of halogens is 1. The molecule has 1 aromatic heterocycles. The Kier molecular flexibility index (Phi) is 5.57. The number of furan rings is 1. The first kappa shape index (κ1) is 15.8. The Morgan fingerprint density at radius 1 is 1.24 bits per heavy atom. The first-order valence-electron chi connectivity index (χ1n) is 7.29. The molecule has 0 aliphatic rings. The van der Waals surface area contributed by atoms with Crippen LogP contribution < -0.4 is 10.1 Å². The molecule has 2 rings (SSSR count). The molecule has 3 nitrogen and oxygen atoms in total. The van der Waals surface area contributed by atoms with Crippen molar-refractivity contribution in [2.24, 2.45) is 0 Å². The average molecular weight is 308 g/mol. The first-order valence-corrected chi connectivity index (χ1v) is 7.67. The summed E-state index contributed by atoms with van der Waals surface area (Å²) < 4.78 is 11.0. The molecular weight excluding hydrogens is 286 g/mol. The summed E-state index contributed by atoms with van der Waals surface area (Å²) in [6.45, 7) is 6.12. The third-order valence-corrected chi connectivity index (χ3v) is 3.41. The minimum atomic E-state index is 0.119. The van der Waals surface area contributed by atoms with Crippen LogP contribution in [-0.2, 0) is 6.42 Å². The van der Waals surface area contributed by atoms with E-state index >= 15 is 0 Å². The molecule has 0 saturated heterocycles. The van der Waals surface area contributed by atoms with Crippen LogP contribution in [0.3, 0.4) is 0 Å². The zero-order valence-electron chi connectivity index (χ0n) is 12.7. The SMILES string of the molecule is CC(CCc1ccco1)Nc1ccc(OC(C)C)c(Cl)c1. The Morgan fingerprint density at radius 2 is 2.05 bits per heavy atom. The lowest BCUT2D eigenvalue weighted by atomic mass is 10.1. The number of hydrogen-bond acceptors (Lipinski definition) is 3. The van der Waals surface area contributed by atoms with Crippen LogP contribution in [0.5, 0.6) is 5.75 Å². The minimum absolute atomic E-state index is 0.119. The second kappa shape index (κ2) is 7.41. The van der Waals surface area contributed by atoms with Crippen molar-refractivity contribution in [3.63, 3.8) is 0 Å². The van der Waals surface area contributed by atoms with Gasteiger partial charge in [-0.1, -0.05) is 11.6 Å². The Labute approximate surface area is 131 Å². The lowest BCUT2D eigenvalue weighted by molar-refractivity contribution is 0.242. The summed E-state index contributed by atoms with van der Waals surface area (Å²) in [5.41, 5.74) is 1.00. The Morgan fingerprint density at radius 3 is 2.67 bits per heavy atom. The van der Waals surface area contributed by atoms with Crippen LogP contribution in [0.25, 0.3) is 0 Å². The van der Waals surface area contributed by atoms with Crippen molar-refractivity contribution in [1.82, 2.24) is 0 Å². The lowest BCUT2D eigenvalue weighted by Crippen LogP contribution is -2.16. The van der Waals surface area contributed by atoms with E-state index in [0.29, 0.717) is 11.1 Å². The van der Waals surface area contributed by atoms with Crippen LogP contribution in [0.15, 0.2) is 41.0 Å². The molecule has 1 unspecified atom stereocenters. The normalized spacial score (nSPS) is 12.4. The van der Waals surface area contributed by atoms with Crippen molar-refractivity contribution in [3.8, 4) is 5.75 Å². The molecule has 0 aliphatic heterocycles. The van der Waals surface area contributed by atoms with E-state index in [1.807, 2.05) is 44.2 Å². The lowest BCUT2D eigenvalue weighted by Gasteiger charge is -2.17. The van der Waals surface area contributed by atoms with Gasteiger partial charge in [0.15, 0.2) is 0 Å². The number of anilines is 1. The quantitative estimate of drug-likeness (QED) is 0.768. The molecule has 0 fully saturated rings. The second-order valence-electron chi connectivity index (χ2n) is 5.48. The first-order chi connectivity index (χ1) is 10.0. The van der Waals surface area contributed by atoms with Gasteiger partial charge in [0.1, 0.15) is 11.5 Å². The van der Waals surface area contributed by atoms with Gasteiger partial charge >= 0.3 is 0 Å². The van der Waals surface area contributed by atoms with E-state index in [1.165, 1.54) is 0 Å². The average Bonchev–Trinajstić information content (AvgIpc) is 2.92. The van der Waals surface area contributed by atoms with E-state index in [0.717, 1.165) is 30.0 Å². The van der Waals surface area contributed by atoms with Crippen LogP contribution >= 0.6 is 11.6 Å². The predicted molar refractivity (Wildman–Crippen MR) is 87.3 cm³/mol. The Balaban J connectivity index is 1.88. The molecule has 0 bridgehead atoms. The smallest absolute Gasteiger partial charge is 0.138 e. The van der Waals surface area contributed by atoms with E-state index in [4.69, 9.17) is 20.8 Å². The monoisotopic (exact) mass is 307 g/mol. The van der Waals surface area contributed by atoms with Gasteiger partial charge < -0.3 is 14.5 Å². The Hall–Kier alpha value is -1.61. The number of hydrogen-bond donors (Lipinski definition) is 1. The van der Waals surface area contributed by atoms with Crippen molar-refractivity contribution >= 4 is 17.3 Å². The Bertz CT molecular complexity index is 552. The maximum atomic E-state index is 6.24. The third-order valence-electron chi connectivity index (χ3n) is 3.11. The van der Waals surface area contributed by atoms with E-state index in [9.17, 15) is 0 Å². The molecule has 1 heterocycles. The summed E-state index contributed by atoms with van der Waals surface area (Å²) in [7, 11) is 0. The van der Waals surface area contributed by atoms with E-state index in [-0.39, 0.29) is 6.10 Å². The van der Waals surface area contributed by atoms with Crippen LogP contribution in [0.2, 0.25) is 5.02 Å². The van der Waals surface area contributed by atoms with E-state index < -0.39 is 0 Å². The molecule has 1 atom stereocenters. The molecular formula is C17H22ClNO2. The fourth-order valence-corrected chi connectivity index (χ4v) is 2.34. The summed E-state index contributed by atoms with van der Waals surface area (Å²) in [6.07, 6.45) is 3.74. The number of nitrogens with one attached hydrogen (secondary N) is 1. The van der Waals surface area contributed by atoms with E-state index in [2.05, 4.69) is 12.2 Å². The van der Waals surface area contributed by atoms with Crippen molar-refractivity contribution in [1.29, 1.82) is 0 Å². The highest BCUT2D eigenvalue weighted by molar-refractivity contribution is 6.32.